The molecule has 2 rings (SSSR count). The van der Waals surface area contributed by atoms with Crippen molar-refractivity contribution in [2.24, 2.45) is 5.41 Å². The first kappa shape index (κ1) is 14.1. The van der Waals surface area contributed by atoms with Crippen LogP contribution in [-0.2, 0) is 4.79 Å². The van der Waals surface area contributed by atoms with Crippen molar-refractivity contribution in [3.63, 3.8) is 0 Å². The van der Waals surface area contributed by atoms with Gasteiger partial charge < -0.3 is 10.2 Å². The van der Waals surface area contributed by atoms with Crippen LogP contribution in [0.25, 0.3) is 0 Å². The third-order valence-corrected chi connectivity index (χ3v) is 3.82. The average Bonchev–Trinajstić information content (AvgIpc) is 3.04. The lowest BCUT2D eigenvalue weighted by atomic mass is 9.84. The molecule has 1 heterocycles. The summed E-state index contributed by atoms with van der Waals surface area (Å²) >= 11 is 0. The largest absolute Gasteiger partial charge is 0.404 e. The van der Waals surface area contributed by atoms with Crippen molar-refractivity contribution in [2.75, 3.05) is 19.6 Å². The number of rotatable bonds is 4. The maximum Gasteiger partial charge on any atom is 0.404 e. The van der Waals surface area contributed by atoms with Crippen molar-refractivity contribution >= 4 is 5.91 Å². The van der Waals surface area contributed by atoms with E-state index in [1.807, 2.05) is 6.07 Å². The monoisotopic (exact) mass is 275 g/mol. The number of carbonyl (C=O) groups excluding carboxylic acids is 1. The molecule has 4 nitrogen and oxygen atoms in total. The Morgan fingerprint density at radius 1 is 1.47 bits per heavy atom. The fraction of sp³-hybridized carbons (Fsp3) is 0.833. The zero-order valence-electron chi connectivity index (χ0n) is 10.5. The number of halogens is 3. The predicted molar refractivity (Wildman–Crippen MR) is 60.9 cm³/mol. The summed E-state index contributed by atoms with van der Waals surface area (Å²) in [4.78, 5) is 13.6. The predicted octanol–water partition coefficient (Wildman–Crippen LogP) is 1.43. The minimum Gasteiger partial charge on any atom is -0.338 e. The zero-order valence-corrected chi connectivity index (χ0v) is 10.5. The van der Waals surface area contributed by atoms with E-state index in [9.17, 15) is 18.0 Å². The Morgan fingerprint density at radius 3 is 2.58 bits per heavy atom. The van der Waals surface area contributed by atoms with Gasteiger partial charge in [-0.05, 0) is 25.8 Å². The van der Waals surface area contributed by atoms with Gasteiger partial charge in [-0.15, -0.1) is 0 Å². The number of nitrogens with zero attached hydrogens (tertiary/aromatic N) is 2. The molecule has 1 N–H and O–H groups in total. The van der Waals surface area contributed by atoms with Gasteiger partial charge in [0.25, 0.3) is 0 Å². The molecule has 2 fully saturated rings. The van der Waals surface area contributed by atoms with E-state index >= 15 is 0 Å². The lowest BCUT2D eigenvalue weighted by Gasteiger charge is -2.35. The Kier molecular flexibility index (Phi) is 3.72. The SMILES string of the molecule is N#CCCN(C(=O)C1(C(F)(F)F)CCNC1)C1CC1. The van der Waals surface area contributed by atoms with Gasteiger partial charge in [0.1, 0.15) is 0 Å². The van der Waals surface area contributed by atoms with Crippen molar-refractivity contribution in [3.05, 3.63) is 0 Å². The molecule has 1 aliphatic heterocycles. The average molecular weight is 275 g/mol. The lowest BCUT2D eigenvalue weighted by molar-refractivity contribution is -0.222. The summed E-state index contributed by atoms with van der Waals surface area (Å²) in [5.74, 6) is -0.859. The van der Waals surface area contributed by atoms with E-state index in [-0.39, 0.29) is 38.5 Å². The van der Waals surface area contributed by atoms with Crippen molar-refractivity contribution < 1.29 is 18.0 Å². The highest BCUT2D eigenvalue weighted by molar-refractivity contribution is 5.85. The Hall–Kier alpha value is -1.29. The van der Waals surface area contributed by atoms with Gasteiger partial charge in [-0.2, -0.15) is 18.4 Å². The molecule has 1 atom stereocenters. The van der Waals surface area contributed by atoms with Gasteiger partial charge in [0.2, 0.25) is 5.91 Å². The summed E-state index contributed by atoms with van der Waals surface area (Å²) in [5, 5.41) is 11.2. The van der Waals surface area contributed by atoms with Crippen LogP contribution < -0.4 is 5.32 Å². The van der Waals surface area contributed by atoms with E-state index in [0.29, 0.717) is 0 Å². The van der Waals surface area contributed by atoms with E-state index in [1.54, 1.807) is 0 Å². The molecule has 0 radical (unpaired) electrons. The van der Waals surface area contributed by atoms with Crippen molar-refractivity contribution in [3.8, 4) is 6.07 Å². The number of carbonyl (C=O) groups is 1. The number of amides is 1. The second-order valence-corrected chi connectivity index (χ2v) is 5.14. The van der Waals surface area contributed by atoms with Crippen molar-refractivity contribution in [2.45, 2.75) is 37.9 Å². The molecule has 0 aromatic heterocycles. The molecule has 1 aliphatic carbocycles. The standard InChI is InChI=1S/C12H16F3N3O/c13-12(14,15)11(4-6-17-8-11)10(19)18(7-1-5-16)9-2-3-9/h9,17H,1-4,6-8H2. The third-order valence-electron chi connectivity index (χ3n) is 3.82. The number of nitrogens with one attached hydrogen (secondary N) is 1. The lowest BCUT2D eigenvalue weighted by Crippen LogP contribution is -2.54. The Morgan fingerprint density at radius 2 is 2.16 bits per heavy atom. The molecule has 1 unspecified atom stereocenters. The third kappa shape index (κ3) is 2.54. The van der Waals surface area contributed by atoms with E-state index in [4.69, 9.17) is 5.26 Å². The maximum atomic E-state index is 13.3. The summed E-state index contributed by atoms with van der Waals surface area (Å²) in [6, 6.07) is 1.78. The first-order valence-corrected chi connectivity index (χ1v) is 6.38. The minimum absolute atomic E-state index is 0.0730. The molecule has 0 aromatic carbocycles. The van der Waals surface area contributed by atoms with Gasteiger partial charge in [-0.1, -0.05) is 0 Å². The van der Waals surface area contributed by atoms with Gasteiger partial charge in [-0.25, -0.2) is 0 Å². The molecule has 0 spiro atoms. The smallest absolute Gasteiger partial charge is 0.338 e. The summed E-state index contributed by atoms with van der Waals surface area (Å²) in [7, 11) is 0. The molecule has 0 aromatic rings. The first-order valence-electron chi connectivity index (χ1n) is 6.38. The highest BCUT2D eigenvalue weighted by Gasteiger charge is 2.63. The van der Waals surface area contributed by atoms with Crippen LogP contribution in [0, 0.1) is 16.7 Å². The molecular formula is C12H16F3N3O. The van der Waals surface area contributed by atoms with Gasteiger partial charge in [0, 0.05) is 19.1 Å². The number of alkyl halides is 3. The second kappa shape index (κ2) is 5.00. The number of hydrogen-bond donors (Lipinski definition) is 1. The fourth-order valence-electron chi connectivity index (χ4n) is 2.52. The van der Waals surface area contributed by atoms with Gasteiger partial charge in [-0.3, -0.25) is 4.79 Å². The van der Waals surface area contributed by atoms with E-state index < -0.39 is 17.5 Å². The quantitative estimate of drug-likeness (QED) is 0.844. The minimum atomic E-state index is -4.55. The van der Waals surface area contributed by atoms with Crippen molar-refractivity contribution in [1.82, 2.24) is 10.2 Å². The second-order valence-electron chi connectivity index (χ2n) is 5.14. The Labute approximate surface area is 109 Å². The van der Waals surface area contributed by atoms with Gasteiger partial charge >= 0.3 is 6.18 Å². The van der Waals surface area contributed by atoms with E-state index in [2.05, 4.69) is 5.32 Å². The zero-order chi connectivity index (χ0) is 14.1. The van der Waals surface area contributed by atoms with E-state index in [0.717, 1.165) is 12.8 Å². The Balaban J connectivity index is 2.20. The number of nitriles is 1. The molecule has 1 amide bonds. The molecule has 7 heteroatoms. The normalized spacial score (nSPS) is 27.1. The highest BCUT2D eigenvalue weighted by Crippen LogP contribution is 2.46. The maximum absolute atomic E-state index is 13.3. The van der Waals surface area contributed by atoms with Gasteiger partial charge in [0.05, 0.1) is 12.5 Å². The van der Waals surface area contributed by atoms with Crippen LogP contribution >= 0.6 is 0 Å². The van der Waals surface area contributed by atoms with Crippen LogP contribution in [0.3, 0.4) is 0 Å². The van der Waals surface area contributed by atoms with Crippen LogP contribution in [0.4, 0.5) is 13.2 Å². The van der Waals surface area contributed by atoms with Crippen LogP contribution in [0.2, 0.25) is 0 Å². The van der Waals surface area contributed by atoms with Crippen LogP contribution in [0.15, 0.2) is 0 Å². The van der Waals surface area contributed by atoms with Gasteiger partial charge in [0.15, 0.2) is 5.41 Å². The molecule has 0 bridgehead atoms. The van der Waals surface area contributed by atoms with E-state index in [1.165, 1.54) is 4.90 Å². The van der Waals surface area contributed by atoms with Crippen LogP contribution in [-0.4, -0.2) is 42.7 Å². The summed E-state index contributed by atoms with van der Waals surface area (Å²) < 4.78 is 39.8. The highest BCUT2D eigenvalue weighted by atomic mass is 19.4. The summed E-state index contributed by atoms with van der Waals surface area (Å²) in [5.41, 5.74) is -2.30. The fourth-order valence-corrected chi connectivity index (χ4v) is 2.52. The molecule has 1 saturated heterocycles. The molecule has 1 saturated carbocycles. The topological polar surface area (TPSA) is 56.1 Å². The molecule has 19 heavy (non-hydrogen) atoms. The van der Waals surface area contributed by atoms with Crippen LogP contribution in [0.1, 0.15) is 25.7 Å². The molecular weight excluding hydrogens is 259 g/mol. The number of hydrogen-bond acceptors (Lipinski definition) is 3. The first-order chi connectivity index (χ1) is 8.92. The molecule has 106 valence electrons. The Bertz CT molecular complexity index is 392. The molecule has 2 aliphatic rings. The van der Waals surface area contributed by atoms with Crippen LogP contribution in [0.5, 0.6) is 0 Å². The summed E-state index contributed by atoms with van der Waals surface area (Å²) in [6.07, 6.45) is -3.22. The van der Waals surface area contributed by atoms with Crippen molar-refractivity contribution in [1.29, 1.82) is 5.26 Å². The summed E-state index contributed by atoms with van der Waals surface area (Å²) in [6.45, 7) is -0.0645.